The van der Waals surface area contributed by atoms with Crippen LogP contribution in [0.4, 0.5) is 4.39 Å². The molecule has 0 unspecified atom stereocenters. The van der Waals surface area contributed by atoms with Crippen molar-refractivity contribution in [3.63, 3.8) is 0 Å². The van der Waals surface area contributed by atoms with Gasteiger partial charge in [-0.1, -0.05) is 6.07 Å². The lowest BCUT2D eigenvalue weighted by molar-refractivity contribution is 0.586. The van der Waals surface area contributed by atoms with E-state index < -0.39 is 5.95 Å². The van der Waals surface area contributed by atoms with E-state index in [1.165, 1.54) is 12.3 Å². The summed E-state index contributed by atoms with van der Waals surface area (Å²) in [6.07, 6.45) is 3.08. The summed E-state index contributed by atoms with van der Waals surface area (Å²) in [4.78, 5) is 7.47. The molecule has 0 aliphatic rings. The quantitative estimate of drug-likeness (QED) is 0.532. The highest BCUT2D eigenvalue weighted by Gasteiger charge is 1.94. The van der Waals surface area contributed by atoms with Gasteiger partial charge in [0.1, 0.15) is 0 Å². The van der Waals surface area contributed by atoms with Gasteiger partial charge in [0.05, 0.1) is 11.7 Å². The third-order valence-corrected chi connectivity index (χ3v) is 1.46. The van der Waals surface area contributed by atoms with Crippen molar-refractivity contribution in [2.75, 3.05) is 0 Å². The first-order valence-corrected chi connectivity index (χ1v) is 3.22. The molecule has 0 saturated heterocycles. The minimum atomic E-state index is -0.467. The van der Waals surface area contributed by atoms with Crippen molar-refractivity contribution in [2.24, 2.45) is 0 Å². The van der Waals surface area contributed by atoms with Crippen molar-refractivity contribution in [2.45, 2.75) is 0 Å². The SMILES string of the molecule is Fc1cc2cccnc2cn1. The highest BCUT2D eigenvalue weighted by Crippen LogP contribution is 2.08. The smallest absolute Gasteiger partial charge is 0.213 e. The van der Waals surface area contributed by atoms with Crippen molar-refractivity contribution in [1.29, 1.82) is 0 Å². The molecule has 2 nitrogen and oxygen atoms in total. The van der Waals surface area contributed by atoms with Crippen LogP contribution in [0, 0.1) is 5.95 Å². The molecule has 54 valence electrons. The Labute approximate surface area is 62.7 Å². The molecule has 2 rings (SSSR count). The summed E-state index contributed by atoms with van der Waals surface area (Å²) in [7, 11) is 0. The van der Waals surface area contributed by atoms with Gasteiger partial charge >= 0.3 is 0 Å². The van der Waals surface area contributed by atoms with Crippen LogP contribution in [0.2, 0.25) is 0 Å². The number of aromatic nitrogens is 2. The van der Waals surface area contributed by atoms with E-state index in [4.69, 9.17) is 0 Å². The van der Waals surface area contributed by atoms with Crippen LogP contribution >= 0.6 is 0 Å². The number of halogens is 1. The number of fused-ring (bicyclic) bond motifs is 1. The molecular formula is C8H5FN2. The predicted molar refractivity (Wildman–Crippen MR) is 39.5 cm³/mol. The Balaban J connectivity index is 2.83. The normalized spacial score (nSPS) is 10.3. The Morgan fingerprint density at radius 1 is 1.27 bits per heavy atom. The monoisotopic (exact) mass is 148 g/mol. The van der Waals surface area contributed by atoms with Crippen LogP contribution in [0.5, 0.6) is 0 Å². The first kappa shape index (κ1) is 6.22. The molecular weight excluding hydrogens is 143 g/mol. The predicted octanol–water partition coefficient (Wildman–Crippen LogP) is 1.77. The van der Waals surface area contributed by atoms with E-state index in [0.717, 1.165) is 5.39 Å². The van der Waals surface area contributed by atoms with Crippen LogP contribution in [0.3, 0.4) is 0 Å². The molecule has 0 aromatic carbocycles. The summed E-state index contributed by atoms with van der Waals surface area (Å²) in [5.74, 6) is -0.467. The van der Waals surface area contributed by atoms with Crippen LogP contribution in [-0.2, 0) is 0 Å². The molecule has 0 atom stereocenters. The zero-order chi connectivity index (χ0) is 7.68. The largest absolute Gasteiger partial charge is 0.255 e. The summed E-state index contributed by atoms with van der Waals surface area (Å²) in [5.41, 5.74) is 0.717. The molecule has 2 aromatic heterocycles. The van der Waals surface area contributed by atoms with Gasteiger partial charge in [-0.2, -0.15) is 4.39 Å². The summed E-state index contributed by atoms with van der Waals surface area (Å²) >= 11 is 0. The van der Waals surface area contributed by atoms with Crippen molar-refractivity contribution in [1.82, 2.24) is 9.97 Å². The van der Waals surface area contributed by atoms with Gasteiger partial charge in [-0.25, -0.2) is 4.98 Å². The summed E-state index contributed by atoms with van der Waals surface area (Å²) in [6.45, 7) is 0. The lowest BCUT2D eigenvalue weighted by Crippen LogP contribution is -1.83. The second kappa shape index (κ2) is 2.27. The lowest BCUT2D eigenvalue weighted by Gasteiger charge is -1.93. The number of hydrogen-bond donors (Lipinski definition) is 0. The Morgan fingerprint density at radius 2 is 2.18 bits per heavy atom. The van der Waals surface area contributed by atoms with Gasteiger partial charge in [-0.3, -0.25) is 4.98 Å². The van der Waals surface area contributed by atoms with E-state index in [1.54, 1.807) is 18.3 Å². The topological polar surface area (TPSA) is 25.8 Å². The first-order valence-electron chi connectivity index (χ1n) is 3.22. The fraction of sp³-hybridized carbons (Fsp3) is 0. The molecule has 0 fully saturated rings. The summed E-state index contributed by atoms with van der Waals surface area (Å²) in [5, 5.41) is 0.778. The van der Waals surface area contributed by atoms with E-state index >= 15 is 0 Å². The molecule has 0 radical (unpaired) electrons. The molecule has 11 heavy (non-hydrogen) atoms. The Bertz CT molecular complexity index is 387. The van der Waals surface area contributed by atoms with Gasteiger partial charge in [0.2, 0.25) is 5.95 Å². The van der Waals surface area contributed by atoms with E-state index in [9.17, 15) is 4.39 Å². The highest BCUT2D eigenvalue weighted by atomic mass is 19.1. The maximum absolute atomic E-state index is 12.5. The number of pyridine rings is 2. The first-order chi connectivity index (χ1) is 5.36. The molecule has 0 saturated carbocycles. The Kier molecular flexibility index (Phi) is 1.28. The van der Waals surface area contributed by atoms with Crippen molar-refractivity contribution >= 4 is 10.9 Å². The van der Waals surface area contributed by atoms with E-state index in [1.807, 2.05) is 0 Å². The molecule has 0 spiro atoms. The van der Waals surface area contributed by atoms with Gasteiger partial charge in [-0.05, 0) is 6.07 Å². The van der Waals surface area contributed by atoms with Crippen LogP contribution in [0.25, 0.3) is 10.9 Å². The zero-order valence-electron chi connectivity index (χ0n) is 5.66. The Morgan fingerprint density at radius 3 is 3.09 bits per heavy atom. The standard InChI is InChI=1S/C8H5FN2/c9-8-4-6-2-1-3-10-7(6)5-11-8/h1-5H. The van der Waals surface area contributed by atoms with Crippen LogP contribution in [0.15, 0.2) is 30.6 Å². The molecule has 0 amide bonds. The maximum Gasteiger partial charge on any atom is 0.213 e. The van der Waals surface area contributed by atoms with Crippen LogP contribution in [-0.4, -0.2) is 9.97 Å². The molecule has 2 heterocycles. The van der Waals surface area contributed by atoms with E-state index in [-0.39, 0.29) is 0 Å². The number of nitrogens with zero attached hydrogens (tertiary/aromatic N) is 2. The lowest BCUT2D eigenvalue weighted by atomic mass is 10.3. The minimum Gasteiger partial charge on any atom is -0.255 e. The molecule has 0 N–H and O–H groups in total. The van der Waals surface area contributed by atoms with Gasteiger partial charge in [0.25, 0.3) is 0 Å². The van der Waals surface area contributed by atoms with E-state index in [0.29, 0.717) is 5.52 Å². The number of hydrogen-bond acceptors (Lipinski definition) is 2. The third kappa shape index (κ3) is 1.05. The van der Waals surface area contributed by atoms with Crippen molar-refractivity contribution in [3.8, 4) is 0 Å². The molecule has 0 aliphatic carbocycles. The van der Waals surface area contributed by atoms with Crippen molar-refractivity contribution < 1.29 is 4.39 Å². The summed E-state index contributed by atoms with van der Waals surface area (Å²) in [6, 6.07) is 4.93. The molecule has 2 aromatic rings. The third-order valence-electron chi connectivity index (χ3n) is 1.46. The second-order valence-corrected chi connectivity index (χ2v) is 2.20. The minimum absolute atomic E-state index is 0.467. The second-order valence-electron chi connectivity index (χ2n) is 2.20. The fourth-order valence-electron chi connectivity index (χ4n) is 0.948. The van der Waals surface area contributed by atoms with Crippen molar-refractivity contribution in [3.05, 3.63) is 36.5 Å². The maximum atomic E-state index is 12.5. The molecule has 3 heteroatoms. The molecule has 0 aliphatic heterocycles. The average Bonchev–Trinajstić information content (AvgIpc) is 2.04. The van der Waals surface area contributed by atoms with E-state index in [2.05, 4.69) is 9.97 Å². The molecule has 0 bridgehead atoms. The van der Waals surface area contributed by atoms with Crippen LogP contribution < -0.4 is 0 Å². The number of rotatable bonds is 0. The van der Waals surface area contributed by atoms with Gasteiger partial charge in [0, 0.05) is 17.6 Å². The Hall–Kier alpha value is -1.51. The van der Waals surface area contributed by atoms with Gasteiger partial charge in [0.15, 0.2) is 0 Å². The van der Waals surface area contributed by atoms with Gasteiger partial charge in [-0.15, -0.1) is 0 Å². The highest BCUT2D eigenvalue weighted by molar-refractivity contribution is 5.76. The average molecular weight is 148 g/mol. The zero-order valence-corrected chi connectivity index (χ0v) is 5.66. The van der Waals surface area contributed by atoms with Gasteiger partial charge < -0.3 is 0 Å². The summed E-state index contributed by atoms with van der Waals surface area (Å²) < 4.78 is 12.5. The fourth-order valence-corrected chi connectivity index (χ4v) is 0.948. The van der Waals surface area contributed by atoms with Crippen LogP contribution in [0.1, 0.15) is 0 Å².